The van der Waals surface area contributed by atoms with Crippen molar-refractivity contribution < 1.29 is 0 Å². The van der Waals surface area contributed by atoms with Crippen molar-refractivity contribution in [3.63, 3.8) is 0 Å². The zero-order valence-corrected chi connectivity index (χ0v) is 9.96. The molecule has 0 fully saturated rings. The molecule has 1 aliphatic heterocycles. The Morgan fingerprint density at radius 3 is 3.00 bits per heavy atom. The van der Waals surface area contributed by atoms with Crippen molar-refractivity contribution in [3.05, 3.63) is 40.5 Å². The molecule has 1 aromatic carbocycles. The third-order valence-corrected chi connectivity index (χ3v) is 3.60. The van der Waals surface area contributed by atoms with Gasteiger partial charge in [0.15, 0.2) is 0 Å². The predicted molar refractivity (Wildman–Crippen MR) is 66.8 cm³/mol. The Morgan fingerprint density at radius 2 is 2.12 bits per heavy atom. The van der Waals surface area contributed by atoms with Gasteiger partial charge in [-0.2, -0.15) is 0 Å². The Hall–Kier alpha value is -1.12. The highest BCUT2D eigenvalue weighted by molar-refractivity contribution is 6.36. The SMILES string of the molecule is CN1CCc2nc3ccccc3c(Cl)c2C1. The molecule has 1 aliphatic rings. The number of aromatic nitrogens is 1. The van der Waals surface area contributed by atoms with Crippen LogP contribution in [0, 0.1) is 0 Å². The molecule has 0 radical (unpaired) electrons. The summed E-state index contributed by atoms with van der Waals surface area (Å²) in [6.45, 7) is 1.97. The van der Waals surface area contributed by atoms with E-state index in [1.54, 1.807) is 0 Å². The Balaban J connectivity index is 2.29. The second-order valence-electron chi connectivity index (χ2n) is 4.36. The van der Waals surface area contributed by atoms with Crippen molar-refractivity contribution in [3.8, 4) is 0 Å². The van der Waals surface area contributed by atoms with Crippen LogP contribution in [0.5, 0.6) is 0 Å². The maximum atomic E-state index is 6.46. The van der Waals surface area contributed by atoms with Crippen LogP contribution in [-0.4, -0.2) is 23.5 Å². The molecule has 2 nitrogen and oxygen atoms in total. The summed E-state index contributed by atoms with van der Waals surface area (Å²) >= 11 is 6.46. The average Bonchev–Trinajstić information content (AvgIpc) is 2.31. The van der Waals surface area contributed by atoms with Gasteiger partial charge in [-0.15, -0.1) is 0 Å². The molecule has 2 heterocycles. The first-order chi connectivity index (χ1) is 7.75. The first kappa shape index (κ1) is 10.1. The van der Waals surface area contributed by atoms with Gasteiger partial charge in [-0.05, 0) is 13.1 Å². The molecular formula is C13H13ClN2. The molecule has 16 heavy (non-hydrogen) atoms. The molecular weight excluding hydrogens is 220 g/mol. The van der Waals surface area contributed by atoms with Gasteiger partial charge < -0.3 is 4.90 Å². The van der Waals surface area contributed by atoms with Crippen LogP contribution < -0.4 is 0 Å². The zero-order chi connectivity index (χ0) is 11.1. The lowest BCUT2D eigenvalue weighted by molar-refractivity contribution is 0.310. The van der Waals surface area contributed by atoms with Crippen LogP contribution in [-0.2, 0) is 13.0 Å². The highest BCUT2D eigenvalue weighted by Crippen LogP contribution is 2.31. The molecule has 3 heteroatoms. The highest BCUT2D eigenvalue weighted by Gasteiger charge is 2.19. The molecule has 0 amide bonds. The van der Waals surface area contributed by atoms with E-state index in [-0.39, 0.29) is 0 Å². The second-order valence-corrected chi connectivity index (χ2v) is 4.73. The first-order valence-electron chi connectivity index (χ1n) is 5.50. The van der Waals surface area contributed by atoms with Crippen molar-refractivity contribution in [1.82, 2.24) is 9.88 Å². The Labute approximate surface area is 99.8 Å². The number of nitrogens with zero attached hydrogens (tertiary/aromatic N) is 2. The van der Waals surface area contributed by atoms with Gasteiger partial charge in [-0.3, -0.25) is 4.98 Å². The van der Waals surface area contributed by atoms with E-state index in [9.17, 15) is 0 Å². The predicted octanol–water partition coefficient (Wildman–Crippen LogP) is 2.88. The minimum Gasteiger partial charge on any atom is -0.302 e. The lowest BCUT2D eigenvalue weighted by atomic mass is 10.0. The van der Waals surface area contributed by atoms with E-state index in [4.69, 9.17) is 16.6 Å². The van der Waals surface area contributed by atoms with E-state index in [1.165, 1.54) is 11.3 Å². The standard InChI is InChI=1S/C13H13ClN2/c1-16-7-6-12-10(8-16)13(14)9-4-2-3-5-11(9)15-12/h2-5H,6-8H2,1H3. The smallest absolute Gasteiger partial charge is 0.0720 e. The number of benzene rings is 1. The molecule has 0 aliphatic carbocycles. The molecule has 0 atom stereocenters. The Kier molecular flexibility index (Phi) is 2.34. The summed E-state index contributed by atoms with van der Waals surface area (Å²) in [6, 6.07) is 8.08. The summed E-state index contributed by atoms with van der Waals surface area (Å²) < 4.78 is 0. The third kappa shape index (κ3) is 1.49. The van der Waals surface area contributed by atoms with Crippen molar-refractivity contribution in [2.24, 2.45) is 0 Å². The maximum Gasteiger partial charge on any atom is 0.0720 e. The van der Waals surface area contributed by atoms with Crippen molar-refractivity contribution in [2.75, 3.05) is 13.6 Å². The van der Waals surface area contributed by atoms with Gasteiger partial charge in [-0.1, -0.05) is 29.8 Å². The summed E-state index contributed by atoms with van der Waals surface area (Å²) in [4.78, 5) is 6.98. The summed E-state index contributed by atoms with van der Waals surface area (Å²) in [6.07, 6.45) is 0.996. The van der Waals surface area contributed by atoms with E-state index in [2.05, 4.69) is 11.9 Å². The Bertz CT molecular complexity index is 551. The van der Waals surface area contributed by atoms with Gasteiger partial charge in [0.2, 0.25) is 0 Å². The zero-order valence-electron chi connectivity index (χ0n) is 9.20. The van der Waals surface area contributed by atoms with E-state index >= 15 is 0 Å². The lowest BCUT2D eigenvalue weighted by Gasteiger charge is -2.25. The largest absolute Gasteiger partial charge is 0.302 e. The number of hydrogen-bond donors (Lipinski definition) is 0. The Morgan fingerprint density at radius 1 is 1.31 bits per heavy atom. The van der Waals surface area contributed by atoms with Crippen molar-refractivity contribution in [1.29, 1.82) is 0 Å². The minimum atomic E-state index is 0.882. The molecule has 0 spiro atoms. The van der Waals surface area contributed by atoms with Crippen LogP contribution in [0.2, 0.25) is 5.02 Å². The van der Waals surface area contributed by atoms with Gasteiger partial charge >= 0.3 is 0 Å². The molecule has 3 rings (SSSR count). The van der Waals surface area contributed by atoms with Crippen molar-refractivity contribution in [2.45, 2.75) is 13.0 Å². The van der Waals surface area contributed by atoms with Crippen LogP contribution in [0.25, 0.3) is 10.9 Å². The van der Waals surface area contributed by atoms with E-state index < -0.39 is 0 Å². The van der Waals surface area contributed by atoms with Gasteiger partial charge in [0.05, 0.1) is 10.5 Å². The fourth-order valence-corrected chi connectivity index (χ4v) is 2.60. The quantitative estimate of drug-likeness (QED) is 0.695. The average molecular weight is 233 g/mol. The number of pyridine rings is 1. The molecule has 0 bridgehead atoms. The summed E-state index contributed by atoms with van der Waals surface area (Å²) in [5.74, 6) is 0. The van der Waals surface area contributed by atoms with Gasteiger partial charge in [0, 0.05) is 36.2 Å². The third-order valence-electron chi connectivity index (χ3n) is 3.17. The second kappa shape index (κ2) is 3.72. The van der Waals surface area contributed by atoms with Crippen LogP contribution in [0.4, 0.5) is 0 Å². The summed E-state index contributed by atoms with van der Waals surface area (Å²) in [5.41, 5.74) is 3.38. The van der Waals surface area contributed by atoms with Gasteiger partial charge in [0.25, 0.3) is 0 Å². The minimum absolute atomic E-state index is 0.882. The topological polar surface area (TPSA) is 16.1 Å². The number of rotatable bonds is 0. The number of likely N-dealkylation sites (N-methyl/N-ethyl adjacent to an activating group) is 1. The normalized spacial score (nSPS) is 16.4. The first-order valence-corrected chi connectivity index (χ1v) is 5.88. The number of para-hydroxylation sites is 1. The molecule has 82 valence electrons. The van der Waals surface area contributed by atoms with Gasteiger partial charge in [0.1, 0.15) is 0 Å². The summed E-state index contributed by atoms with van der Waals surface area (Å²) in [5, 5.41) is 1.95. The van der Waals surface area contributed by atoms with Gasteiger partial charge in [-0.25, -0.2) is 0 Å². The highest BCUT2D eigenvalue weighted by atomic mass is 35.5. The van der Waals surface area contributed by atoms with Crippen molar-refractivity contribution >= 4 is 22.5 Å². The number of hydrogen-bond acceptors (Lipinski definition) is 2. The number of halogens is 1. The van der Waals surface area contributed by atoms with Crippen LogP contribution in [0.3, 0.4) is 0 Å². The van der Waals surface area contributed by atoms with Crippen LogP contribution in [0.1, 0.15) is 11.3 Å². The summed E-state index contributed by atoms with van der Waals surface area (Å²) in [7, 11) is 2.12. The molecule has 0 unspecified atom stereocenters. The van der Waals surface area contributed by atoms with Crippen LogP contribution >= 0.6 is 11.6 Å². The fraction of sp³-hybridized carbons (Fsp3) is 0.308. The fourth-order valence-electron chi connectivity index (χ4n) is 2.27. The molecule has 1 aromatic heterocycles. The molecule has 0 saturated carbocycles. The maximum absolute atomic E-state index is 6.46. The molecule has 2 aromatic rings. The molecule has 0 saturated heterocycles. The number of fused-ring (bicyclic) bond motifs is 2. The van der Waals surface area contributed by atoms with E-state index in [0.717, 1.165) is 35.4 Å². The van der Waals surface area contributed by atoms with E-state index in [0.29, 0.717) is 0 Å². The van der Waals surface area contributed by atoms with E-state index in [1.807, 2.05) is 24.3 Å². The van der Waals surface area contributed by atoms with Crippen LogP contribution in [0.15, 0.2) is 24.3 Å². The molecule has 0 N–H and O–H groups in total. The lowest BCUT2D eigenvalue weighted by Crippen LogP contribution is -2.27. The monoisotopic (exact) mass is 232 g/mol.